The normalized spacial score (nSPS) is 12.7. The molecule has 116 valence electrons. The summed E-state index contributed by atoms with van der Waals surface area (Å²) in [4.78, 5) is 10.3. The maximum Gasteiger partial charge on any atom is 0.231 e. The first-order valence-electron chi connectivity index (χ1n) is 6.86. The molecule has 4 rings (SSSR count). The summed E-state index contributed by atoms with van der Waals surface area (Å²) >= 11 is 3.26. The van der Waals surface area contributed by atoms with Gasteiger partial charge < -0.3 is 14.4 Å². The van der Waals surface area contributed by atoms with Crippen molar-refractivity contribution >= 4 is 38.3 Å². The largest absolute Gasteiger partial charge is 0.454 e. The second-order valence-corrected chi connectivity index (χ2v) is 5.99. The Bertz CT molecular complexity index is 919. The lowest BCUT2D eigenvalue weighted by atomic mass is 10.2. The molecule has 0 fully saturated rings. The molecule has 0 saturated heterocycles. The number of fused-ring (bicyclic) bond motifs is 2. The van der Waals surface area contributed by atoms with Crippen molar-refractivity contribution < 1.29 is 13.9 Å². The second-order valence-electron chi connectivity index (χ2n) is 5.07. The Morgan fingerprint density at radius 3 is 2.70 bits per heavy atom. The van der Waals surface area contributed by atoms with Crippen LogP contribution >= 0.6 is 15.9 Å². The lowest BCUT2D eigenvalue weighted by molar-refractivity contribution is 0.174. The van der Waals surface area contributed by atoms with Crippen LogP contribution in [0, 0.1) is 5.82 Å². The predicted octanol–water partition coefficient (Wildman–Crippen LogP) is 4.03. The van der Waals surface area contributed by atoms with Crippen molar-refractivity contribution in [2.24, 2.45) is 0 Å². The fraction of sp³-hybridized carbons (Fsp3) is 0.125. The highest BCUT2D eigenvalue weighted by atomic mass is 79.9. The molecular formula is C16H11BrFN3O2. The first kappa shape index (κ1) is 14.2. The molecule has 7 heteroatoms. The fourth-order valence-corrected chi connectivity index (χ4v) is 2.90. The summed E-state index contributed by atoms with van der Waals surface area (Å²) < 4.78 is 25.7. The molecule has 0 atom stereocenters. The molecule has 23 heavy (non-hydrogen) atoms. The first-order chi connectivity index (χ1) is 11.1. The summed E-state index contributed by atoms with van der Waals surface area (Å²) in [7, 11) is 1.76. The third-order valence-corrected chi connectivity index (χ3v) is 4.19. The van der Waals surface area contributed by atoms with Crippen LogP contribution in [0.4, 0.5) is 15.9 Å². The molecule has 0 radical (unpaired) electrons. The van der Waals surface area contributed by atoms with E-state index in [-0.39, 0.29) is 12.6 Å². The lowest BCUT2D eigenvalue weighted by Gasteiger charge is -2.20. The van der Waals surface area contributed by atoms with Gasteiger partial charge >= 0.3 is 0 Å². The Morgan fingerprint density at radius 1 is 1.13 bits per heavy atom. The van der Waals surface area contributed by atoms with Crippen LogP contribution in [-0.2, 0) is 0 Å². The summed E-state index contributed by atoms with van der Waals surface area (Å²) in [5.41, 5.74) is 1.13. The SMILES string of the molecule is CN(c1ccc(Br)cc1F)c1ncnc2cc3c(cc12)OCO3. The molecule has 0 unspecified atom stereocenters. The monoisotopic (exact) mass is 375 g/mol. The van der Waals surface area contributed by atoms with Crippen molar-refractivity contribution in [1.29, 1.82) is 0 Å². The summed E-state index contributed by atoms with van der Waals surface area (Å²) in [5.74, 6) is 1.54. The zero-order valence-corrected chi connectivity index (χ0v) is 13.7. The van der Waals surface area contributed by atoms with Gasteiger partial charge in [-0.05, 0) is 24.3 Å². The molecule has 0 aliphatic carbocycles. The molecule has 0 saturated carbocycles. The van der Waals surface area contributed by atoms with Gasteiger partial charge in [0.15, 0.2) is 11.5 Å². The summed E-state index contributed by atoms with van der Waals surface area (Å²) in [6.45, 7) is 0.186. The molecule has 0 spiro atoms. The van der Waals surface area contributed by atoms with Gasteiger partial charge in [0.2, 0.25) is 6.79 Å². The number of hydrogen-bond acceptors (Lipinski definition) is 5. The van der Waals surface area contributed by atoms with Crippen molar-refractivity contribution in [2.45, 2.75) is 0 Å². The van der Waals surface area contributed by atoms with Crippen molar-refractivity contribution in [3.8, 4) is 11.5 Å². The average molecular weight is 376 g/mol. The van der Waals surface area contributed by atoms with Crippen molar-refractivity contribution in [2.75, 3.05) is 18.7 Å². The number of anilines is 2. The molecule has 1 aromatic heterocycles. The standard InChI is InChI=1S/C16H11BrFN3O2/c1-21(13-3-2-9(17)4-11(13)18)16-10-5-14-15(23-8-22-14)6-12(10)19-7-20-16/h2-7H,8H2,1H3. The van der Waals surface area contributed by atoms with Crippen LogP contribution in [0.1, 0.15) is 0 Å². The quantitative estimate of drug-likeness (QED) is 0.676. The maximum absolute atomic E-state index is 14.2. The van der Waals surface area contributed by atoms with Gasteiger partial charge in [-0.15, -0.1) is 0 Å². The summed E-state index contributed by atoms with van der Waals surface area (Å²) in [5, 5.41) is 0.765. The molecule has 1 aliphatic rings. The zero-order valence-electron chi connectivity index (χ0n) is 12.1. The van der Waals surface area contributed by atoms with Crippen molar-refractivity contribution in [3.05, 3.63) is 46.9 Å². The van der Waals surface area contributed by atoms with Gasteiger partial charge in [0, 0.05) is 23.0 Å². The smallest absolute Gasteiger partial charge is 0.231 e. The second kappa shape index (κ2) is 5.34. The molecule has 0 N–H and O–H groups in total. The Morgan fingerprint density at radius 2 is 1.91 bits per heavy atom. The van der Waals surface area contributed by atoms with Gasteiger partial charge in [0.25, 0.3) is 0 Å². The molecule has 2 heterocycles. The first-order valence-corrected chi connectivity index (χ1v) is 7.66. The van der Waals surface area contributed by atoms with Gasteiger partial charge in [-0.2, -0.15) is 0 Å². The van der Waals surface area contributed by atoms with E-state index in [0.29, 0.717) is 33.0 Å². The number of aromatic nitrogens is 2. The highest BCUT2D eigenvalue weighted by Gasteiger charge is 2.19. The number of halogens is 2. The number of nitrogens with zero attached hydrogens (tertiary/aromatic N) is 3. The Hall–Kier alpha value is -2.41. The van der Waals surface area contributed by atoms with Crippen molar-refractivity contribution in [1.82, 2.24) is 9.97 Å². The maximum atomic E-state index is 14.2. The molecule has 1 aliphatic heterocycles. The van der Waals surface area contributed by atoms with Gasteiger partial charge in [-0.1, -0.05) is 15.9 Å². The molecule has 0 amide bonds. The molecule has 2 aromatic carbocycles. The van der Waals surface area contributed by atoms with E-state index >= 15 is 0 Å². The summed E-state index contributed by atoms with van der Waals surface area (Å²) in [6.07, 6.45) is 1.45. The zero-order chi connectivity index (χ0) is 16.0. The van der Waals surface area contributed by atoms with E-state index in [1.54, 1.807) is 30.1 Å². The highest BCUT2D eigenvalue weighted by Crippen LogP contribution is 2.39. The van der Waals surface area contributed by atoms with Crippen LogP contribution in [0.5, 0.6) is 11.5 Å². The van der Waals surface area contributed by atoms with E-state index < -0.39 is 0 Å². The molecule has 3 aromatic rings. The number of ether oxygens (including phenoxy) is 2. The van der Waals surface area contributed by atoms with E-state index in [2.05, 4.69) is 25.9 Å². The van der Waals surface area contributed by atoms with Crippen LogP contribution in [-0.4, -0.2) is 23.8 Å². The fourth-order valence-electron chi connectivity index (χ4n) is 2.57. The van der Waals surface area contributed by atoms with Crippen LogP contribution in [0.25, 0.3) is 10.9 Å². The lowest BCUT2D eigenvalue weighted by Crippen LogP contribution is -2.13. The van der Waals surface area contributed by atoms with Gasteiger partial charge in [-0.3, -0.25) is 0 Å². The highest BCUT2D eigenvalue weighted by molar-refractivity contribution is 9.10. The minimum absolute atomic E-state index is 0.186. The number of benzene rings is 2. The predicted molar refractivity (Wildman–Crippen MR) is 87.8 cm³/mol. The Labute approximate surface area is 139 Å². The third-order valence-electron chi connectivity index (χ3n) is 3.70. The van der Waals surface area contributed by atoms with E-state index in [1.807, 2.05) is 6.07 Å². The minimum atomic E-state index is -0.339. The van der Waals surface area contributed by atoms with Gasteiger partial charge in [-0.25, -0.2) is 14.4 Å². The van der Waals surface area contributed by atoms with E-state index in [9.17, 15) is 4.39 Å². The number of hydrogen-bond donors (Lipinski definition) is 0. The average Bonchev–Trinajstić information content (AvgIpc) is 2.98. The Kier molecular flexibility index (Phi) is 3.30. The minimum Gasteiger partial charge on any atom is -0.454 e. The van der Waals surface area contributed by atoms with E-state index in [0.717, 1.165) is 5.39 Å². The van der Waals surface area contributed by atoms with Crippen LogP contribution in [0.15, 0.2) is 41.1 Å². The Balaban J connectivity index is 1.88. The van der Waals surface area contributed by atoms with E-state index in [4.69, 9.17) is 9.47 Å². The third kappa shape index (κ3) is 2.37. The van der Waals surface area contributed by atoms with Crippen LogP contribution in [0.2, 0.25) is 0 Å². The topological polar surface area (TPSA) is 47.5 Å². The molecule has 5 nitrogen and oxygen atoms in total. The number of rotatable bonds is 2. The van der Waals surface area contributed by atoms with Crippen molar-refractivity contribution in [3.63, 3.8) is 0 Å². The van der Waals surface area contributed by atoms with Gasteiger partial charge in [0.05, 0.1) is 11.2 Å². The molecule has 0 bridgehead atoms. The van der Waals surface area contributed by atoms with Crippen LogP contribution in [0.3, 0.4) is 0 Å². The van der Waals surface area contributed by atoms with E-state index in [1.165, 1.54) is 12.4 Å². The van der Waals surface area contributed by atoms with Gasteiger partial charge in [0.1, 0.15) is 18.0 Å². The van der Waals surface area contributed by atoms with Crippen LogP contribution < -0.4 is 14.4 Å². The molecular weight excluding hydrogens is 365 g/mol. The summed E-state index contributed by atoms with van der Waals surface area (Å²) in [6, 6.07) is 8.52.